The number of nitriles is 1. The summed E-state index contributed by atoms with van der Waals surface area (Å²) in [7, 11) is 0. The van der Waals surface area contributed by atoms with E-state index in [9.17, 15) is 0 Å². The molecule has 0 aromatic carbocycles. The van der Waals surface area contributed by atoms with Gasteiger partial charge in [0, 0.05) is 0 Å². The molecule has 0 aliphatic heterocycles. The second kappa shape index (κ2) is 3.41. The molecule has 1 aliphatic carbocycles. The molecule has 15 heavy (non-hydrogen) atoms. The van der Waals surface area contributed by atoms with Crippen molar-refractivity contribution in [2.45, 2.75) is 18.4 Å². The Bertz CT molecular complexity index is 420. The molecule has 0 amide bonds. The molecule has 0 atom stereocenters. The van der Waals surface area contributed by atoms with Crippen molar-refractivity contribution in [1.82, 2.24) is 4.98 Å². The van der Waals surface area contributed by atoms with Crippen LogP contribution < -0.4 is 11.1 Å². The third-order valence-corrected chi connectivity index (χ3v) is 2.57. The zero-order chi connectivity index (χ0) is 10.9. The summed E-state index contributed by atoms with van der Waals surface area (Å²) in [6, 6.07) is 3.60. The summed E-state index contributed by atoms with van der Waals surface area (Å²) in [6.07, 6.45) is 3.30. The molecule has 2 rings (SSSR count). The highest BCUT2D eigenvalue weighted by Crippen LogP contribution is 2.38. The molecule has 0 radical (unpaired) electrons. The van der Waals surface area contributed by atoms with E-state index < -0.39 is 0 Å². The molecule has 5 nitrogen and oxygen atoms in total. The first kappa shape index (κ1) is 9.74. The fourth-order valence-electron chi connectivity index (χ4n) is 1.39. The van der Waals surface area contributed by atoms with Crippen LogP contribution in [0.4, 0.5) is 11.5 Å². The molecular formula is C10H12N4O. The highest BCUT2D eigenvalue weighted by atomic mass is 16.3. The van der Waals surface area contributed by atoms with Gasteiger partial charge in [-0.1, -0.05) is 0 Å². The standard InChI is InChI=1S/C10H12N4O/c11-4-7-3-8(12)5-13-9(7)14-10(6-15)1-2-10/h3,5,15H,1-2,6,12H2,(H,13,14). The molecule has 1 fully saturated rings. The lowest BCUT2D eigenvalue weighted by Crippen LogP contribution is -2.26. The number of hydrogen-bond donors (Lipinski definition) is 3. The Kier molecular flexibility index (Phi) is 2.21. The molecule has 1 aromatic rings. The monoisotopic (exact) mass is 204 g/mol. The van der Waals surface area contributed by atoms with Crippen LogP contribution >= 0.6 is 0 Å². The molecule has 0 saturated heterocycles. The van der Waals surface area contributed by atoms with Gasteiger partial charge in [0.1, 0.15) is 11.9 Å². The molecule has 4 N–H and O–H groups in total. The Morgan fingerprint density at radius 3 is 2.93 bits per heavy atom. The van der Waals surface area contributed by atoms with Crippen LogP contribution in [0.5, 0.6) is 0 Å². The number of anilines is 2. The van der Waals surface area contributed by atoms with Gasteiger partial charge in [0.25, 0.3) is 0 Å². The van der Waals surface area contributed by atoms with Crippen LogP contribution in [0, 0.1) is 11.3 Å². The molecule has 1 aromatic heterocycles. The summed E-state index contributed by atoms with van der Waals surface area (Å²) in [4.78, 5) is 4.05. The maximum absolute atomic E-state index is 9.14. The van der Waals surface area contributed by atoms with E-state index in [-0.39, 0.29) is 12.1 Å². The highest BCUT2D eigenvalue weighted by molar-refractivity contribution is 5.59. The Morgan fingerprint density at radius 2 is 2.40 bits per heavy atom. The second-order valence-corrected chi connectivity index (χ2v) is 3.84. The molecule has 0 unspecified atom stereocenters. The summed E-state index contributed by atoms with van der Waals surface area (Å²) in [5, 5.41) is 21.1. The highest BCUT2D eigenvalue weighted by Gasteiger charge is 2.42. The van der Waals surface area contributed by atoms with E-state index >= 15 is 0 Å². The number of nitrogens with two attached hydrogens (primary N) is 1. The Labute approximate surface area is 87.5 Å². The minimum absolute atomic E-state index is 0.0594. The average molecular weight is 204 g/mol. The van der Waals surface area contributed by atoms with Gasteiger partial charge in [-0.3, -0.25) is 0 Å². The van der Waals surface area contributed by atoms with Gasteiger partial charge in [-0.25, -0.2) is 4.98 Å². The summed E-state index contributed by atoms with van der Waals surface area (Å²) in [6.45, 7) is 0.0594. The smallest absolute Gasteiger partial charge is 0.144 e. The number of aliphatic hydroxyl groups is 1. The van der Waals surface area contributed by atoms with Gasteiger partial charge in [0.2, 0.25) is 0 Å². The first-order valence-corrected chi connectivity index (χ1v) is 4.74. The van der Waals surface area contributed by atoms with E-state index in [0.717, 1.165) is 12.8 Å². The zero-order valence-corrected chi connectivity index (χ0v) is 8.20. The van der Waals surface area contributed by atoms with Gasteiger partial charge in [0.15, 0.2) is 0 Å². The number of aromatic nitrogens is 1. The van der Waals surface area contributed by atoms with Crippen molar-refractivity contribution in [3.05, 3.63) is 17.8 Å². The maximum atomic E-state index is 9.14. The van der Waals surface area contributed by atoms with E-state index in [0.29, 0.717) is 17.1 Å². The van der Waals surface area contributed by atoms with Gasteiger partial charge in [-0.05, 0) is 18.9 Å². The fraction of sp³-hybridized carbons (Fsp3) is 0.400. The maximum Gasteiger partial charge on any atom is 0.144 e. The lowest BCUT2D eigenvalue weighted by atomic mass is 10.2. The fourth-order valence-corrected chi connectivity index (χ4v) is 1.39. The molecule has 1 aliphatic rings. The average Bonchev–Trinajstić information content (AvgIpc) is 3.01. The molecule has 1 heterocycles. The molecular weight excluding hydrogens is 192 g/mol. The number of nitrogens with zero attached hydrogens (tertiary/aromatic N) is 2. The third kappa shape index (κ3) is 1.85. The van der Waals surface area contributed by atoms with Gasteiger partial charge in [-0.15, -0.1) is 0 Å². The zero-order valence-electron chi connectivity index (χ0n) is 8.20. The topological polar surface area (TPSA) is 95.0 Å². The molecule has 78 valence electrons. The number of nitrogens with one attached hydrogen (secondary N) is 1. The van der Waals surface area contributed by atoms with E-state index in [1.54, 1.807) is 6.07 Å². The summed E-state index contributed by atoms with van der Waals surface area (Å²) < 4.78 is 0. The predicted octanol–water partition coefficient (Wildman–Crippen LogP) is 0.472. The normalized spacial score (nSPS) is 16.8. The van der Waals surface area contributed by atoms with E-state index in [1.807, 2.05) is 6.07 Å². The number of hydrogen-bond acceptors (Lipinski definition) is 5. The van der Waals surface area contributed by atoms with Crippen molar-refractivity contribution in [2.75, 3.05) is 17.7 Å². The Balaban J connectivity index is 2.25. The number of nitrogen functional groups attached to an aromatic ring is 1. The Morgan fingerprint density at radius 1 is 1.67 bits per heavy atom. The predicted molar refractivity (Wildman–Crippen MR) is 56.0 cm³/mol. The second-order valence-electron chi connectivity index (χ2n) is 3.84. The largest absolute Gasteiger partial charge is 0.397 e. The van der Waals surface area contributed by atoms with E-state index in [2.05, 4.69) is 10.3 Å². The minimum atomic E-state index is -0.269. The third-order valence-electron chi connectivity index (χ3n) is 2.57. The molecule has 0 bridgehead atoms. The lowest BCUT2D eigenvalue weighted by Gasteiger charge is -2.15. The van der Waals surface area contributed by atoms with Crippen LogP contribution in [0.15, 0.2) is 12.3 Å². The van der Waals surface area contributed by atoms with Crippen molar-refractivity contribution in [1.29, 1.82) is 5.26 Å². The van der Waals surface area contributed by atoms with Gasteiger partial charge >= 0.3 is 0 Å². The summed E-state index contributed by atoms with van der Waals surface area (Å²) in [5.74, 6) is 0.498. The lowest BCUT2D eigenvalue weighted by molar-refractivity contribution is 0.266. The van der Waals surface area contributed by atoms with Crippen molar-refractivity contribution < 1.29 is 5.11 Å². The molecule has 5 heteroatoms. The first-order valence-electron chi connectivity index (χ1n) is 4.74. The van der Waals surface area contributed by atoms with Gasteiger partial charge in [-0.2, -0.15) is 5.26 Å². The van der Waals surface area contributed by atoms with Crippen LogP contribution in [0.1, 0.15) is 18.4 Å². The number of aliphatic hydroxyl groups excluding tert-OH is 1. The van der Waals surface area contributed by atoms with Crippen LogP contribution in [-0.4, -0.2) is 22.2 Å². The number of rotatable bonds is 3. The molecule has 0 spiro atoms. The van der Waals surface area contributed by atoms with E-state index in [1.165, 1.54) is 6.20 Å². The Hall–Kier alpha value is -1.80. The van der Waals surface area contributed by atoms with Crippen molar-refractivity contribution in [2.24, 2.45) is 0 Å². The van der Waals surface area contributed by atoms with Crippen molar-refractivity contribution >= 4 is 11.5 Å². The van der Waals surface area contributed by atoms with Crippen LogP contribution in [-0.2, 0) is 0 Å². The first-order chi connectivity index (χ1) is 7.19. The van der Waals surface area contributed by atoms with Gasteiger partial charge < -0.3 is 16.2 Å². The van der Waals surface area contributed by atoms with Crippen LogP contribution in [0.25, 0.3) is 0 Å². The minimum Gasteiger partial charge on any atom is -0.397 e. The van der Waals surface area contributed by atoms with E-state index in [4.69, 9.17) is 16.1 Å². The summed E-state index contributed by atoms with van der Waals surface area (Å²) in [5.41, 5.74) is 6.13. The summed E-state index contributed by atoms with van der Waals surface area (Å²) >= 11 is 0. The quantitative estimate of drug-likeness (QED) is 0.665. The van der Waals surface area contributed by atoms with Crippen LogP contribution in [0.2, 0.25) is 0 Å². The molecule has 1 saturated carbocycles. The van der Waals surface area contributed by atoms with Crippen LogP contribution in [0.3, 0.4) is 0 Å². The van der Waals surface area contributed by atoms with Gasteiger partial charge in [0.05, 0.1) is 29.6 Å². The van der Waals surface area contributed by atoms with Crippen molar-refractivity contribution in [3.8, 4) is 6.07 Å². The number of pyridine rings is 1. The SMILES string of the molecule is N#Cc1cc(N)cnc1NC1(CO)CC1. The van der Waals surface area contributed by atoms with Crippen molar-refractivity contribution in [3.63, 3.8) is 0 Å².